The summed E-state index contributed by atoms with van der Waals surface area (Å²) in [6.07, 6.45) is 1.33. The second kappa shape index (κ2) is 6.09. The van der Waals surface area contributed by atoms with E-state index in [1.807, 2.05) is 31.2 Å². The Morgan fingerprint density at radius 1 is 1.52 bits per heavy atom. The largest absolute Gasteiger partial charge is 0.370 e. The van der Waals surface area contributed by atoms with Gasteiger partial charge in [-0.15, -0.1) is 0 Å². The Hall–Kier alpha value is -1.50. The number of hydrogen-bond donors (Lipinski definition) is 0. The van der Waals surface area contributed by atoms with Crippen molar-refractivity contribution in [2.45, 2.75) is 19.1 Å². The van der Waals surface area contributed by atoms with E-state index in [-0.39, 0.29) is 18.1 Å². The number of nitrogens with zero attached hydrogens (tertiary/aromatic N) is 3. The van der Waals surface area contributed by atoms with E-state index in [1.165, 1.54) is 6.20 Å². The summed E-state index contributed by atoms with van der Waals surface area (Å²) >= 11 is 7.06. The first kappa shape index (κ1) is 14.4. The van der Waals surface area contributed by atoms with E-state index in [4.69, 9.17) is 16.3 Å². The van der Waals surface area contributed by atoms with Crippen LogP contribution in [0, 0.1) is 0 Å². The maximum atomic E-state index is 12.5. The van der Waals surface area contributed by atoms with E-state index < -0.39 is 0 Å². The topological polar surface area (TPSA) is 55.3 Å². The summed E-state index contributed by atoms with van der Waals surface area (Å²) in [5.74, 6) is -0.105. The van der Waals surface area contributed by atoms with Crippen molar-refractivity contribution in [1.82, 2.24) is 13.6 Å². The van der Waals surface area contributed by atoms with Crippen molar-refractivity contribution in [3.8, 4) is 0 Å². The fraction of sp³-hybridized carbons (Fsp3) is 0.357. The molecule has 0 radical (unpaired) electrons. The van der Waals surface area contributed by atoms with Crippen molar-refractivity contribution in [2.24, 2.45) is 0 Å². The molecule has 1 aromatic heterocycles. The lowest BCUT2D eigenvalue weighted by Crippen LogP contribution is -2.48. The minimum atomic E-state index is -0.171. The van der Waals surface area contributed by atoms with Gasteiger partial charge in [0.05, 0.1) is 37.1 Å². The summed E-state index contributed by atoms with van der Waals surface area (Å²) in [6, 6.07) is 7.54. The maximum absolute atomic E-state index is 12.5. The van der Waals surface area contributed by atoms with Crippen molar-refractivity contribution >= 4 is 29.2 Å². The Kier molecular flexibility index (Phi) is 4.19. The van der Waals surface area contributed by atoms with Gasteiger partial charge in [-0.1, -0.05) is 23.7 Å². The summed E-state index contributed by atoms with van der Waals surface area (Å²) in [6.45, 7) is 2.93. The van der Waals surface area contributed by atoms with Crippen molar-refractivity contribution in [2.75, 3.05) is 13.2 Å². The van der Waals surface area contributed by atoms with Gasteiger partial charge in [0.2, 0.25) is 0 Å². The zero-order valence-electron chi connectivity index (χ0n) is 11.4. The van der Waals surface area contributed by atoms with Gasteiger partial charge in [0.1, 0.15) is 6.10 Å². The number of halogens is 1. The lowest BCUT2D eigenvalue weighted by atomic mass is 10.1. The zero-order chi connectivity index (χ0) is 14.8. The molecule has 0 bridgehead atoms. The average molecular weight is 324 g/mol. The third-order valence-electron chi connectivity index (χ3n) is 3.49. The second-order valence-electron chi connectivity index (χ2n) is 4.98. The molecule has 0 unspecified atom stereocenters. The first-order valence-corrected chi connectivity index (χ1v) is 7.71. The molecule has 3 rings (SSSR count). The molecule has 2 heterocycles. The number of benzene rings is 1. The molecule has 7 heteroatoms. The quantitative estimate of drug-likeness (QED) is 0.852. The molecule has 1 fully saturated rings. The Labute approximate surface area is 131 Å². The number of morpholine rings is 1. The standard InChI is InChI=1S/C14H14ClN3O2S/c1-9-8-20-13(10-3-2-4-11(15)5-10)7-18(9)14(19)12-6-16-21-17-12/h2-6,9,13H,7-8H2,1H3/t9-,13+/m0/s1. The molecule has 1 amide bonds. The maximum Gasteiger partial charge on any atom is 0.275 e. The van der Waals surface area contributed by atoms with Crippen molar-refractivity contribution in [1.29, 1.82) is 0 Å². The number of ether oxygens (including phenoxy) is 1. The smallest absolute Gasteiger partial charge is 0.275 e. The van der Waals surface area contributed by atoms with Crippen LogP contribution >= 0.6 is 23.3 Å². The lowest BCUT2D eigenvalue weighted by molar-refractivity contribution is -0.0488. The number of rotatable bonds is 2. The molecule has 1 aromatic carbocycles. The van der Waals surface area contributed by atoms with Gasteiger partial charge in [0.15, 0.2) is 5.69 Å². The van der Waals surface area contributed by atoms with Crippen LogP contribution in [-0.2, 0) is 4.74 Å². The Morgan fingerprint density at radius 3 is 3.10 bits per heavy atom. The molecule has 2 aromatic rings. The third-order valence-corrected chi connectivity index (χ3v) is 4.21. The van der Waals surface area contributed by atoms with Crippen molar-refractivity contribution in [3.05, 3.63) is 46.7 Å². The highest BCUT2D eigenvalue weighted by molar-refractivity contribution is 6.99. The average Bonchev–Trinajstić information content (AvgIpc) is 3.01. The van der Waals surface area contributed by atoms with E-state index in [0.717, 1.165) is 17.3 Å². The van der Waals surface area contributed by atoms with Crippen LogP contribution in [-0.4, -0.2) is 38.7 Å². The fourth-order valence-electron chi connectivity index (χ4n) is 2.35. The number of hydrogen-bond acceptors (Lipinski definition) is 5. The molecule has 1 aliphatic heterocycles. The van der Waals surface area contributed by atoms with E-state index in [0.29, 0.717) is 23.9 Å². The van der Waals surface area contributed by atoms with Crippen LogP contribution < -0.4 is 0 Å². The summed E-state index contributed by atoms with van der Waals surface area (Å²) in [5, 5.41) is 0.663. The summed E-state index contributed by atoms with van der Waals surface area (Å²) < 4.78 is 13.7. The normalized spacial score (nSPS) is 22.3. The lowest BCUT2D eigenvalue weighted by Gasteiger charge is -2.37. The Balaban J connectivity index is 1.80. The van der Waals surface area contributed by atoms with Gasteiger partial charge in [0, 0.05) is 5.02 Å². The molecular weight excluding hydrogens is 310 g/mol. The molecule has 5 nitrogen and oxygen atoms in total. The predicted molar refractivity (Wildman–Crippen MR) is 80.6 cm³/mol. The van der Waals surface area contributed by atoms with Crippen LogP contribution in [0.1, 0.15) is 29.1 Å². The first-order chi connectivity index (χ1) is 10.1. The molecule has 110 valence electrons. The highest BCUT2D eigenvalue weighted by Crippen LogP contribution is 2.27. The third kappa shape index (κ3) is 3.07. The number of amides is 1. The minimum absolute atomic E-state index is 0.00892. The van der Waals surface area contributed by atoms with Gasteiger partial charge in [-0.3, -0.25) is 4.79 Å². The number of aromatic nitrogens is 2. The zero-order valence-corrected chi connectivity index (χ0v) is 13.0. The molecule has 0 spiro atoms. The van der Waals surface area contributed by atoms with Crippen LogP contribution in [0.5, 0.6) is 0 Å². The molecule has 0 saturated carbocycles. The van der Waals surface area contributed by atoms with Gasteiger partial charge >= 0.3 is 0 Å². The highest BCUT2D eigenvalue weighted by Gasteiger charge is 2.32. The van der Waals surface area contributed by atoms with E-state index in [1.54, 1.807) is 4.90 Å². The van der Waals surface area contributed by atoms with E-state index >= 15 is 0 Å². The Bertz CT molecular complexity index is 635. The van der Waals surface area contributed by atoms with Crippen molar-refractivity contribution in [3.63, 3.8) is 0 Å². The number of carbonyl (C=O) groups is 1. The van der Waals surface area contributed by atoms with Gasteiger partial charge in [0.25, 0.3) is 5.91 Å². The van der Waals surface area contributed by atoms with Crippen LogP contribution in [0.25, 0.3) is 0 Å². The van der Waals surface area contributed by atoms with Crippen LogP contribution in [0.2, 0.25) is 5.02 Å². The fourth-order valence-corrected chi connectivity index (χ4v) is 2.96. The summed E-state index contributed by atoms with van der Waals surface area (Å²) in [5.41, 5.74) is 1.36. The molecule has 1 saturated heterocycles. The first-order valence-electron chi connectivity index (χ1n) is 6.61. The van der Waals surface area contributed by atoms with Crippen molar-refractivity contribution < 1.29 is 9.53 Å². The molecule has 21 heavy (non-hydrogen) atoms. The number of carbonyl (C=O) groups excluding carboxylic acids is 1. The molecule has 0 N–H and O–H groups in total. The molecular formula is C14H14ClN3O2S. The monoisotopic (exact) mass is 323 g/mol. The predicted octanol–water partition coefficient (Wildman–Crippen LogP) is 2.79. The van der Waals surface area contributed by atoms with Gasteiger partial charge in [-0.25, -0.2) is 0 Å². The van der Waals surface area contributed by atoms with Crippen LogP contribution in [0.15, 0.2) is 30.5 Å². The molecule has 0 aliphatic carbocycles. The molecule has 1 aliphatic rings. The SMILES string of the molecule is C[C@H]1CO[C@@H](c2cccc(Cl)c2)CN1C(=O)c1cnsn1. The van der Waals surface area contributed by atoms with Gasteiger partial charge in [-0.2, -0.15) is 8.75 Å². The van der Waals surface area contributed by atoms with Gasteiger partial charge in [-0.05, 0) is 24.6 Å². The van der Waals surface area contributed by atoms with Crippen LogP contribution in [0.3, 0.4) is 0 Å². The minimum Gasteiger partial charge on any atom is -0.370 e. The van der Waals surface area contributed by atoms with Gasteiger partial charge < -0.3 is 9.64 Å². The van der Waals surface area contributed by atoms with E-state index in [9.17, 15) is 4.79 Å². The molecule has 2 atom stereocenters. The highest BCUT2D eigenvalue weighted by atomic mass is 35.5. The van der Waals surface area contributed by atoms with Crippen LogP contribution in [0.4, 0.5) is 0 Å². The van der Waals surface area contributed by atoms with E-state index in [2.05, 4.69) is 8.75 Å². The summed E-state index contributed by atoms with van der Waals surface area (Å²) in [4.78, 5) is 14.2. The Morgan fingerprint density at radius 2 is 2.38 bits per heavy atom. The summed E-state index contributed by atoms with van der Waals surface area (Å²) in [7, 11) is 0. The second-order valence-corrected chi connectivity index (χ2v) is 5.97.